The van der Waals surface area contributed by atoms with Gasteiger partial charge in [-0.2, -0.15) is 14.9 Å². The summed E-state index contributed by atoms with van der Waals surface area (Å²) in [7, 11) is 3.94. The molecule has 1 heterocycles. The van der Waals surface area contributed by atoms with E-state index in [1.807, 2.05) is 49.3 Å². The van der Waals surface area contributed by atoms with Crippen LogP contribution < -0.4 is 9.64 Å². The van der Waals surface area contributed by atoms with Gasteiger partial charge in [-0.25, -0.2) is 9.89 Å². The quantitative estimate of drug-likeness (QED) is 0.470. The van der Waals surface area contributed by atoms with E-state index in [2.05, 4.69) is 15.3 Å². The molecule has 0 unspecified atom stereocenters. The third kappa shape index (κ3) is 4.44. The van der Waals surface area contributed by atoms with E-state index < -0.39 is 12.6 Å². The Kier molecular flexibility index (Phi) is 5.85. The lowest BCUT2D eigenvalue weighted by molar-refractivity contribution is -0.139. The van der Waals surface area contributed by atoms with Crippen molar-refractivity contribution in [1.82, 2.24) is 14.9 Å². The van der Waals surface area contributed by atoms with Crippen molar-refractivity contribution in [2.45, 2.75) is 0 Å². The van der Waals surface area contributed by atoms with Crippen LogP contribution in [0.1, 0.15) is 5.56 Å². The summed E-state index contributed by atoms with van der Waals surface area (Å²) in [5.41, 5.74) is 2.55. The van der Waals surface area contributed by atoms with Crippen LogP contribution in [0.15, 0.2) is 53.6 Å². The van der Waals surface area contributed by atoms with Gasteiger partial charge in [0.15, 0.2) is 12.4 Å². The molecule has 1 aromatic heterocycles. The van der Waals surface area contributed by atoms with Crippen molar-refractivity contribution in [2.75, 3.05) is 25.6 Å². The first-order chi connectivity index (χ1) is 13.5. The number of rotatable bonds is 7. The number of aromatic nitrogens is 3. The number of carbonyl (C=O) groups is 1. The number of ether oxygens (including phenoxy) is 1. The largest absolute Gasteiger partial charge is 0.481 e. The summed E-state index contributed by atoms with van der Waals surface area (Å²) >= 11 is 5.29. The monoisotopic (exact) mass is 397 g/mol. The standard InChI is InChI=1S/C19H19N5O3S/c1-23(2)15-9-7-13(8-10-15)18-21-22-19(28)24(18)20-11-14-5-3-4-6-16(14)27-12-17(25)26/h3-11H,12H2,1-2H3,(H,22,28)(H,25,26)/b20-11+. The second-order valence-corrected chi connectivity index (χ2v) is 6.46. The summed E-state index contributed by atoms with van der Waals surface area (Å²) in [4.78, 5) is 12.8. The molecule has 3 rings (SSSR count). The van der Waals surface area contributed by atoms with Gasteiger partial charge in [0, 0.05) is 30.9 Å². The Morgan fingerprint density at radius 1 is 1.29 bits per heavy atom. The zero-order valence-electron chi connectivity index (χ0n) is 15.4. The van der Waals surface area contributed by atoms with Crippen LogP contribution in [0, 0.1) is 4.77 Å². The molecule has 8 nitrogen and oxygen atoms in total. The molecule has 0 saturated heterocycles. The lowest BCUT2D eigenvalue weighted by Crippen LogP contribution is -2.10. The number of anilines is 1. The minimum absolute atomic E-state index is 0.340. The number of aromatic amines is 1. The molecule has 9 heteroatoms. The maximum absolute atomic E-state index is 10.7. The zero-order chi connectivity index (χ0) is 20.1. The van der Waals surface area contributed by atoms with E-state index in [4.69, 9.17) is 22.1 Å². The van der Waals surface area contributed by atoms with Crippen LogP contribution in [-0.4, -0.2) is 52.9 Å². The van der Waals surface area contributed by atoms with Crippen molar-refractivity contribution < 1.29 is 14.6 Å². The van der Waals surface area contributed by atoms with Gasteiger partial charge in [-0.15, -0.1) is 0 Å². The van der Waals surface area contributed by atoms with Gasteiger partial charge >= 0.3 is 5.97 Å². The van der Waals surface area contributed by atoms with E-state index in [9.17, 15) is 4.79 Å². The van der Waals surface area contributed by atoms with Crippen LogP contribution in [0.3, 0.4) is 0 Å². The Balaban J connectivity index is 1.91. The molecular weight excluding hydrogens is 378 g/mol. The SMILES string of the molecule is CN(C)c1ccc(-c2n[nH]c(=S)n2/N=C/c2ccccc2OCC(=O)O)cc1. The van der Waals surface area contributed by atoms with Gasteiger partial charge in [0.1, 0.15) is 5.75 Å². The van der Waals surface area contributed by atoms with Gasteiger partial charge in [-0.1, -0.05) is 12.1 Å². The topological polar surface area (TPSA) is 95.7 Å². The highest BCUT2D eigenvalue weighted by Gasteiger charge is 2.09. The third-order valence-corrected chi connectivity index (χ3v) is 4.14. The molecule has 0 spiro atoms. The average Bonchev–Trinajstić information content (AvgIpc) is 3.05. The molecule has 0 aliphatic rings. The molecule has 0 radical (unpaired) electrons. The summed E-state index contributed by atoms with van der Waals surface area (Å²) in [6, 6.07) is 14.9. The van der Waals surface area contributed by atoms with E-state index in [0.29, 0.717) is 21.9 Å². The number of aliphatic carboxylic acids is 1. The van der Waals surface area contributed by atoms with E-state index in [0.717, 1.165) is 11.3 Å². The lowest BCUT2D eigenvalue weighted by Gasteiger charge is -2.12. The maximum atomic E-state index is 10.7. The van der Waals surface area contributed by atoms with Crippen molar-refractivity contribution in [3.63, 3.8) is 0 Å². The molecule has 0 bridgehead atoms. The smallest absolute Gasteiger partial charge is 0.341 e. The molecule has 28 heavy (non-hydrogen) atoms. The number of benzene rings is 2. The van der Waals surface area contributed by atoms with Gasteiger partial charge in [0.2, 0.25) is 4.77 Å². The number of carboxylic acid groups (broad SMARTS) is 1. The highest BCUT2D eigenvalue weighted by Crippen LogP contribution is 2.21. The summed E-state index contributed by atoms with van der Waals surface area (Å²) in [6.07, 6.45) is 1.56. The van der Waals surface area contributed by atoms with E-state index in [-0.39, 0.29) is 0 Å². The summed E-state index contributed by atoms with van der Waals surface area (Å²) in [5, 5.41) is 20.2. The number of carboxylic acids is 1. The van der Waals surface area contributed by atoms with Crippen molar-refractivity contribution in [3.8, 4) is 17.1 Å². The summed E-state index contributed by atoms with van der Waals surface area (Å²) < 4.78 is 7.14. The fraction of sp³-hybridized carbons (Fsp3) is 0.158. The fourth-order valence-corrected chi connectivity index (χ4v) is 2.65. The Bertz CT molecular complexity index is 1050. The Hall–Kier alpha value is -3.46. The molecule has 0 aliphatic carbocycles. The number of para-hydroxylation sites is 1. The van der Waals surface area contributed by atoms with Crippen LogP contribution in [0.5, 0.6) is 5.75 Å². The number of nitrogens with one attached hydrogen (secondary N) is 1. The van der Waals surface area contributed by atoms with Gasteiger partial charge in [0.05, 0.1) is 6.21 Å². The lowest BCUT2D eigenvalue weighted by atomic mass is 10.2. The number of nitrogens with zero attached hydrogens (tertiary/aromatic N) is 4. The third-order valence-electron chi connectivity index (χ3n) is 3.87. The first-order valence-corrected chi connectivity index (χ1v) is 8.79. The van der Waals surface area contributed by atoms with Gasteiger partial charge < -0.3 is 14.7 Å². The zero-order valence-corrected chi connectivity index (χ0v) is 16.2. The highest BCUT2D eigenvalue weighted by molar-refractivity contribution is 7.71. The Morgan fingerprint density at radius 2 is 2.00 bits per heavy atom. The van der Waals surface area contributed by atoms with Crippen LogP contribution in [0.4, 0.5) is 5.69 Å². The van der Waals surface area contributed by atoms with Crippen LogP contribution in [-0.2, 0) is 4.79 Å². The first kappa shape index (κ1) is 19.3. The molecule has 0 saturated carbocycles. The van der Waals surface area contributed by atoms with Crippen molar-refractivity contribution >= 4 is 30.1 Å². The van der Waals surface area contributed by atoms with Crippen LogP contribution in [0.2, 0.25) is 0 Å². The predicted molar refractivity (Wildman–Crippen MR) is 110 cm³/mol. The van der Waals surface area contributed by atoms with Crippen molar-refractivity contribution in [1.29, 1.82) is 0 Å². The molecule has 0 amide bonds. The van der Waals surface area contributed by atoms with Crippen molar-refractivity contribution in [3.05, 3.63) is 58.9 Å². The summed E-state index contributed by atoms with van der Waals surface area (Å²) in [5.74, 6) is -0.0664. The predicted octanol–water partition coefficient (Wildman–Crippen LogP) is 3.02. The maximum Gasteiger partial charge on any atom is 0.341 e. The van der Waals surface area contributed by atoms with Gasteiger partial charge in [-0.3, -0.25) is 0 Å². The molecule has 0 fully saturated rings. The molecule has 144 valence electrons. The second kappa shape index (κ2) is 8.49. The fourth-order valence-electron chi connectivity index (χ4n) is 2.47. The minimum Gasteiger partial charge on any atom is -0.481 e. The molecule has 2 N–H and O–H groups in total. The van der Waals surface area contributed by atoms with Gasteiger partial charge in [-0.05, 0) is 48.6 Å². The van der Waals surface area contributed by atoms with E-state index in [1.165, 1.54) is 4.68 Å². The average molecular weight is 397 g/mol. The van der Waals surface area contributed by atoms with Crippen LogP contribution >= 0.6 is 12.2 Å². The Morgan fingerprint density at radius 3 is 2.68 bits per heavy atom. The normalized spacial score (nSPS) is 10.9. The van der Waals surface area contributed by atoms with Crippen molar-refractivity contribution in [2.24, 2.45) is 5.10 Å². The molecular formula is C19H19N5O3S. The number of H-pyrrole nitrogens is 1. The summed E-state index contributed by atoms with van der Waals surface area (Å²) in [6.45, 7) is -0.431. The highest BCUT2D eigenvalue weighted by atomic mass is 32.1. The van der Waals surface area contributed by atoms with Gasteiger partial charge in [0.25, 0.3) is 0 Å². The molecule has 3 aromatic rings. The number of hydrogen-bond donors (Lipinski definition) is 2. The van der Waals surface area contributed by atoms with E-state index in [1.54, 1.807) is 24.4 Å². The number of hydrogen-bond acceptors (Lipinski definition) is 6. The Labute approximate surface area is 166 Å². The van der Waals surface area contributed by atoms with Crippen LogP contribution in [0.25, 0.3) is 11.4 Å². The molecule has 2 aromatic carbocycles. The van der Waals surface area contributed by atoms with E-state index >= 15 is 0 Å². The first-order valence-electron chi connectivity index (χ1n) is 8.39. The minimum atomic E-state index is -1.05. The molecule has 0 atom stereocenters. The second-order valence-electron chi connectivity index (χ2n) is 6.07. The molecule has 0 aliphatic heterocycles.